The summed E-state index contributed by atoms with van der Waals surface area (Å²) in [5, 5.41) is 3.45. The summed E-state index contributed by atoms with van der Waals surface area (Å²) >= 11 is 1.45. The maximum atomic E-state index is 12.8. The highest BCUT2D eigenvalue weighted by Crippen LogP contribution is 2.38. The summed E-state index contributed by atoms with van der Waals surface area (Å²) in [4.78, 5) is 29.0. The van der Waals surface area contributed by atoms with Crippen molar-refractivity contribution >= 4 is 46.7 Å². The monoisotopic (exact) mass is 526 g/mol. The van der Waals surface area contributed by atoms with Crippen molar-refractivity contribution < 1.29 is 23.8 Å². The van der Waals surface area contributed by atoms with Crippen molar-refractivity contribution in [1.29, 1.82) is 0 Å². The average molecular weight is 527 g/mol. The lowest BCUT2D eigenvalue weighted by Crippen LogP contribution is -2.29. The molecule has 0 saturated heterocycles. The van der Waals surface area contributed by atoms with Crippen LogP contribution in [0.2, 0.25) is 0 Å². The molecule has 0 unspecified atom stereocenters. The van der Waals surface area contributed by atoms with Gasteiger partial charge in [0, 0.05) is 30.6 Å². The second-order valence-corrected chi connectivity index (χ2v) is 9.42. The van der Waals surface area contributed by atoms with E-state index in [9.17, 15) is 9.59 Å². The van der Waals surface area contributed by atoms with Crippen LogP contribution in [0, 0.1) is 0 Å². The molecule has 0 spiro atoms. The number of benzene rings is 2. The van der Waals surface area contributed by atoms with Gasteiger partial charge in [-0.2, -0.15) is 0 Å². The number of rotatable bonds is 7. The summed E-state index contributed by atoms with van der Waals surface area (Å²) in [6, 6.07) is 15.8. The second-order valence-electron chi connectivity index (χ2n) is 8.31. The summed E-state index contributed by atoms with van der Waals surface area (Å²) in [5.41, 5.74) is 3.53. The zero-order valence-corrected chi connectivity index (χ0v) is 21.5. The van der Waals surface area contributed by atoms with Gasteiger partial charge in [0.15, 0.2) is 11.5 Å². The standard InChI is InChI=1S/C27H26N2O5S.ClH/c1-2-32-27(31)25-20-12-13-29(15-19-6-4-3-5-7-19)16-23(20)35-26(25)28-24(30)11-9-18-8-10-21-22(14-18)34-17-33-21;/h3-11,14H,2,12-13,15-17H2,1H3,(H,28,30);1H/b11-9+;. The second kappa shape index (κ2) is 11.6. The number of thiophene rings is 1. The molecule has 1 aromatic heterocycles. The highest BCUT2D eigenvalue weighted by Gasteiger charge is 2.29. The Balaban J connectivity index is 0.00000304. The number of carbonyl (C=O) groups is 2. The molecule has 5 rings (SSSR count). The molecular formula is C27H27ClN2O5S. The number of halogens is 1. The van der Waals surface area contributed by atoms with E-state index < -0.39 is 5.97 Å². The third-order valence-corrected chi connectivity index (χ3v) is 7.06. The molecule has 2 aliphatic heterocycles. The summed E-state index contributed by atoms with van der Waals surface area (Å²) in [5.74, 6) is 0.642. The third-order valence-electron chi connectivity index (χ3n) is 5.93. The van der Waals surface area contributed by atoms with E-state index in [0.29, 0.717) is 22.1 Å². The Morgan fingerprint density at radius 1 is 1.14 bits per heavy atom. The number of nitrogens with zero attached hydrogens (tertiary/aromatic N) is 1. The first-order valence-corrected chi connectivity index (χ1v) is 12.4. The van der Waals surface area contributed by atoms with Gasteiger partial charge in [-0.1, -0.05) is 36.4 Å². The zero-order chi connectivity index (χ0) is 24.2. The minimum absolute atomic E-state index is 0. The smallest absolute Gasteiger partial charge is 0.341 e. The van der Waals surface area contributed by atoms with E-state index in [-0.39, 0.29) is 31.7 Å². The van der Waals surface area contributed by atoms with Crippen LogP contribution in [0.15, 0.2) is 54.6 Å². The van der Waals surface area contributed by atoms with Gasteiger partial charge in [0.2, 0.25) is 12.7 Å². The van der Waals surface area contributed by atoms with Gasteiger partial charge in [0.1, 0.15) is 5.00 Å². The fraction of sp³-hybridized carbons (Fsp3) is 0.259. The van der Waals surface area contributed by atoms with E-state index in [2.05, 4.69) is 22.3 Å². The molecule has 0 bridgehead atoms. The van der Waals surface area contributed by atoms with Crippen LogP contribution in [-0.4, -0.2) is 36.7 Å². The van der Waals surface area contributed by atoms with Crippen LogP contribution < -0.4 is 14.8 Å². The molecule has 0 atom stereocenters. The molecule has 0 fully saturated rings. The highest BCUT2D eigenvalue weighted by atomic mass is 35.5. The largest absolute Gasteiger partial charge is 0.462 e. The molecule has 1 N–H and O–H groups in total. The quantitative estimate of drug-likeness (QED) is 0.333. The topological polar surface area (TPSA) is 77.1 Å². The number of hydrogen-bond donors (Lipinski definition) is 1. The van der Waals surface area contributed by atoms with Gasteiger partial charge in [0.05, 0.1) is 12.2 Å². The van der Waals surface area contributed by atoms with Crippen LogP contribution in [0.4, 0.5) is 5.00 Å². The van der Waals surface area contributed by atoms with Crippen LogP contribution in [-0.2, 0) is 29.0 Å². The first-order valence-electron chi connectivity index (χ1n) is 11.6. The highest BCUT2D eigenvalue weighted by molar-refractivity contribution is 7.17. The molecule has 2 aromatic carbocycles. The molecule has 2 aliphatic rings. The van der Waals surface area contributed by atoms with Crippen LogP contribution in [0.5, 0.6) is 11.5 Å². The molecule has 36 heavy (non-hydrogen) atoms. The van der Waals surface area contributed by atoms with E-state index >= 15 is 0 Å². The van der Waals surface area contributed by atoms with Gasteiger partial charge >= 0.3 is 5.97 Å². The van der Waals surface area contributed by atoms with Crippen molar-refractivity contribution in [2.75, 3.05) is 25.3 Å². The van der Waals surface area contributed by atoms with Gasteiger partial charge in [-0.05, 0) is 48.2 Å². The summed E-state index contributed by atoms with van der Waals surface area (Å²) < 4.78 is 16.0. The Hall–Kier alpha value is -3.33. The molecule has 0 saturated carbocycles. The Bertz CT molecular complexity index is 1270. The molecule has 3 aromatic rings. The van der Waals surface area contributed by atoms with Crippen LogP contribution in [0.25, 0.3) is 6.08 Å². The predicted molar refractivity (Wildman–Crippen MR) is 142 cm³/mol. The lowest BCUT2D eigenvalue weighted by atomic mass is 10.0. The number of anilines is 1. The van der Waals surface area contributed by atoms with Gasteiger partial charge < -0.3 is 19.5 Å². The average Bonchev–Trinajstić information content (AvgIpc) is 3.47. The first kappa shape index (κ1) is 25.8. The van der Waals surface area contributed by atoms with E-state index in [4.69, 9.17) is 14.2 Å². The van der Waals surface area contributed by atoms with Gasteiger partial charge in [0.25, 0.3) is 0 Å². The van der Waals surface area contributed by atoms with Gasteiger partial charge in [-0.15, -0.1) is 23.7 Å². The van der Waals surface area contributed by atoms with Crippen LogP contribution in [0.1, 0.15) is 38.8 Å². The Labute approximate surface area is 220 Å². The van der Waals surface area contributed by atoms with Gasteiger partial charge in [-0.3, -0.25) is 9.69 Å². The zero-order valence-electron chi connectivity index (χ0n) is 19.8. The van der Waals surface area contributed by atoms with Crippen LogP contribution >= 0.6 is 23.7 Å². The van der Waals surface area contributed by atoms with E-state index in [1.54, 1.807) is 13.0 Å². The number of carbonyl (C=O) groups excluding carboxylic acids is 2. The first-order chi connectivity index (χ1) is 17.1. The Morgan fingerprint density at radius 3 is 2.75 bits per heavy atom. The van der Waals surface area contributed by atoms with Crippen molar-refractivity contribution in [1.82, 2.24) is 4.90 Å². The number of amides is 1. The Morgan fingerprint density at radius 2 is 1.94 bits per heavy atom. The predicted octanol–water partition coefficient (Wildman–Crippen LogP) is 5.29. The lowest BCUT2D eigenvalue weighted by Gasteiger charge is -2.27. The van der Waals surface area contributed by atoms with Crippen molar-refractivity contribution in [3.8, 4) is 11.5 Å². The SMILES string of the molecule is CCOC(=O)c1c(NC(=O)/C=C/c2ccc3c(c2)OCO3)sc2c1CCN(Cc1ccccc1)C2.Cl. The van der Waals surface area contributed by atoms with Crippen molar-refractivity contribution in [3.63, 3.8) is 0 Å². The van der Waals surface area contributed by atoms with Crippen molar-refractivity contribution in [2.24, 2.45) is 0 Å². The molecule has 7 nitrogen and oxygen atoms in total. The summed E-state index contributed by atoms with van der Waals surface area (Å²) in [7, 11) is 0. The fourth-order valence-electron chi connectivity index (χ4n) is 4.28. The normalized spacial score (nSPS) is 14.2. The fourth-order valence-corrected chi connectivity index (χ4v) is 5.56. The van der Waals surface area contributed by atoms with Crippen LogP contribution in [0.3, 0.4) is 0 Å². The molecular weight excluding hydrogens is 500 g/mol. The third kappa shape index (κ3) is 5.73. The summed E-state index contributed by atoms with van der Waals surface area (Å²) in [6.07, 6.45) is 3.89. The Kier molecular flexibility index (Phi) is 8.30. The number of esters is 1. The molecule has 9 heteroatoms. The molecule has 1 amide bonds. The molecule has 188 valence electrons. The number of nitrogens with one attached hydrogen (secondary N) is 1. The van der Waals surface area contributed by atoms with Crippen molar-refractivity contribution in [2.45, 2.75) is 26.4 Å². The van der Waals surface area contributed by atoms with E-state index in [0.717, 1.165) is 42.1 Å². The maximum Gasteiger partial charge on any atom is 0.341 e. The summed E-state index contributed by atoms with van der Waals surface area (Å²) in [6.45, 7) is 4.66. The number of fused-ring (bicyclic) bond motifs is 2. The lowest BCUT2D eigenvalue weighted by molar-refractivity contribution is -0.111. The molecule has 0 aliphatic carbocycles. The van der Waals surface area contributed by atoms with Crippen molar-refractivity contribution in [3.05, 3.63) is 81.7 Å². The minimum Gasteiger partial charge on any atom is -0.462 e. The maximum absolute atomic E-state index is 12.8. The van der Waals surface area contributed by atoms with E-state index in [1.165, 1.54) is 23.0 Å². The minimum atomic E-state index is -0.392. The molecule has 0 radical (unpaired) electrons. The van der Waals surface area contributed by atoms with Gasteiger partial charge in [-0.25, -0.2) is 4.79 Å². The van der Waals surface area contributed by atoms with E-state index in [1.807, 2.05) is 36.4 Å². The molecule has 3 heterocycles. The number of hydrogen-bond acceptors (Lipinski definition) is 7. The number of ether oxygens (including phenoxy) is 3.